The number of benzene rings is 1. The fourth-order valence-electron chi connectivity index (χ4n) is 4.26. The number of carbonyl (C=O) groups is 1. The van der Waals surface area contributed by atoms with Gasteiger partial charge >= 0.3 is 0 Å². The first-order valence-corrected chi connectivity index (χ1v) is 9.74. The smallest absolute Gasteiger partial charge is 0.272 e. The van der Waals surface area contributed by atoms with Crippen molar-refractivity contribution >= 4 is 11.6 Å². The zero-order chi connectivity index (χ0) is 19.1. The van der Waals surface area contributed by atoms with Crippen LogP contribution < -0.4 is 0 Å². The van der Waals surface area contributed by atoms with Crippen LogP contribution in [0.15, 0.2) is 71.4 Å². The molecule has 5 rings (SSSR count). The SMILES string of the molecule is Cn1nc2c(c1-c1ccccc1)CCN(C(=O)C1=CCC3C=CC=CC3=N1)C2. The third kappa shape index (κ3) is 2.83. The number of carbonyl (C=O) groups excluding carboxylic acids is 1. The maximum Gasteiger partial charge on any atom is 0.272 e. The summed E-state index contributed by atoms with van der Waals surface area (Å²) in [6.07, 6.45) is 11.8. The average molecular weight is 370 g/mol. The molecule has 0 fully saturated rings. The highest BCUT2D eigenvalue weighted by molar-refractivity contribution is 6.05. The van der Waals surface area contributed by atoms with E-state index in [9.17, 15) is 4.79 Å². The highest BCUT2D eigenvalue weighted by Gasteiger charge is 2.29. The van der Waals surface area contributed by atoms with Gasteiger partial charge in [-0.3, -0.25) is 9.48 Å². The Bertz CT molecular complexity index is 1060. The molecule has 1 unspecified atom stereocenters. The van der Waals surface area contributed by atoms with Crippen LogP contribution in [0.4, 0.5) is 0 Å². The Balaban J connectivity index is 1.39. The first kappa shape index (κ1) is 16.9. The van der Waals surface area contributed by atoms with E-state index in [1.54, 1.807) is 0 Å². The van der Waals surface area contributed by atoms with Crippen LogP contribution in [-0.4, -0.2) is 32.8 Å². The lowest BCUT2D eigenvalue weighted by atomic mass is 9.92. The minimum Gasteiger partial charge on any atom is -0.331 e. The van der Waals surface area contributed by atoms with E-state index in [1.165, 1.54) is 11.1 Å². The van der Waals surface area contributed by atoms with Crippen molar-refractivity contribution in [3.63, 3.8) is 0 Å². The highest BCUT2D eigenvalue weighted by atomic mass is 16.2. The van der Waals surface area contributed by atoms with E-state index >= 15 is 0 Å². The highest BCUT2D eigenvalue weighted by Crippen LogP contribution is 2.31. The molecule has 140 valence electrons. The molecule has 3 heterocycles. The van der Waals surface area contributed by atoms with Crippen LogP contribution in [-0.2, 0) is 24.8 Å². The molecule has 1 aromatic heterocycles. The normalized spacial score (nSPS) is 20.3. The maximum absolute atomic E-state index is 13.1. The van der Waals surface area contributed by atoms with E-state index in [0.29, 0.717) is 24.7 Å². The van der Waals surface area contributed by atoms with E-state index in [-0.39, 0.29) is 5.91 Å². The standard InChI is InChI=1S/C23H22N4O/c1-26-22(17-8-3-2-4-9-17)18-13-14-27(15-21(18)25-26)23(28)20-12-11-16-7-5-6-10-19(16)24-20/h2-10,12,16H,11,13-15H2,1H3. The summed E-state index contributed by atoms with van der Waals surface area (Å²) in [6, 6.07) is 10.3. The molecular formula is C23H22N4O. The van der Waals surface area contributed by atoms with Gasteiger partial charge in [0.05, 0.1) is 17.9 Å². The summed E-state index contributed by atoms with van der Waals surface area (Å²) in [6.45, 7) is 1.23. The lowest BCUT2D eigenvalue weighted by Crippen LogP contribution is -2.37. The number of aryl methyl sites for hydroxylation is 1. The van der Waals surface area contributed by atoms with Gasteiger partial charge in [-0.05, 0) is 18.9 Å². The molecule has 0 saturated carbocycles. The molecule has 1 aromatic carbocycles. The molecule has 3 aliphatic rings. The van der Waals surface area contributed by atoms with Gasteiger partial charge in [-0.1, -0.05) is 54.6 Å². The van der Waals surface area contributed by atoms with Crippen molar-refractivity contribution in [2.45, 2.75) is 19.4 Å². The van der Waals surface area contributed by atoms with Gasteiger partial charge in [-0.25, -0.2) is 4.99 Å². The van der Waals surface area contributed by atoms with Crippen molar-refractivity contribution in [3.8, 4) is 11.3 Å². The molecule has 28 heavy (non-hydrogen) atoms. The Hall–Kier alpha value is -3.21. The summed E-state index contributed by atoms with van der Waals surface area (Å²) >= 11 is 0. The van der Waals surface area contributed by atoms with Crippen molar-refractivity contribution in [1.82, 2.24) is 14.7 Å². The first-order valence-electron chi connectivity index (χ1n) is 9.74. The van der Waals surface area contributed by atoms with Crippen LogP contribution in [0.2, 0.25) is 0 Å². The molecule has 0 bridgehead atoms. The number of aliphatic imine (C=N–C) groups is 1. The molecule has 0 saturated heterocycles. The van der Waals surface area contributed by atoms with E-state index in [0.717, 1.165) is 29.9 Å². The molecule has 1 aliphatic carbocycles. The Morgan fingerprint density at radius 2 is 2.04 bits per heavy atom. The number of nitrogens with zero attached hydrogens (tertiary/aromatic N) is 4. The number of allylic oxidation sites excluding steroid dienone is 5. The van der Waals surface area contributed by atoms with Crippen LogP contribution in [0.25, 0.3) is 11.3 Å². The Morgan fingerprint density at radius 3 is 2.89 bits per heavy atom. The van der Waals surface area contributed by atoms with Gasteiger partial charge < -0.3 is 4.90 Å². The van der Waals surface area contributed by atoms with Gasteiger partial charge in [0.15, 0.2) is 0 Å². The predicted molar refractivity (Wildman–Crippen MR) is 110 cm³/mol. The number of aromatic nitrogens is 2. The maximum atomic E-state index is 13.1. The van der Waals surface area contributed by atoms with E-state index in [2.05, 4.69) is 23.2 Å². The fraction of sp³-hybridized carbons (Fsp3) is 0.261. The average Bonchev–Trinajstić information content (AvgIpc) is 3.08. The Labute approximate surface area is 164 Å². The van der Waals surface area contributed by atoms with Gasteiger partial charge in [0.1, 0.15) is 5.70 Å². The van der Waals surface area contributed by atoms with Gasteiger partial charge in [0, 0.05) is 36.3 Å². The van der Waals surface area contributed by atoms with Gasteiger partial charge in [-0.15, -0.1) is 0 Å². The number of fused-ring (bicyclic) bond motifs is 2. The fourth-order valence-corrected chi connectivity index (χ4v) is 4.26. The molecule has 1 atom stereocenters. The predicted octanol–water partition coefficient (Wildman–Crippen LogP) is 3.44. The molecule has 2 aromatic rings. The zero-order valence-electron chi connectivity index (χ0n) is 15.9. The van der Waals surface area contributed by atoms with Crippen molar-refractivity contribution in [1.29, 1.82) is 0 Å². The van der Waals surface area contributed by atoms with Crippen LogP contribution in [0.5, 0.6) is 0 Å². The van der Waals surface area contributed by atoms with Crippen LogP contribution in [0.1, 0.15) is 17.7 Å². The van der Waals surface area contributed by atoms with Crippen LogP contribution >= 0.6 is 0 Å². The largest absolute Gasteiger partial charge is 0.331 e. The summed E-state index contributed by atoms with van der Waals surface area (Å²) in [7, 11) is 1.98. The van der Waals surface area contributed by atoms with Crippen LogP contribution in [0, 0.1) is 5.92 Å². The molecule has 0 N–H and O–H groups in total. The van der Waals surface area contributed by atoms with E-state index in [4.69, 9.17) is 5.10 Å². The number of hydrogen-bond acceptors (Lipinski definition) is 3. The lowest BCUT2D eigenvalue weighted by molar-refractivity contribution is -0.128. The third-order valence-electron chi connectivity index (χ3n) is 5.67. The number of hydrogen-bond donors (Lipinski definition) is 0. The minimum absolute atomic E-state index is 0.00599. The second kappa shape index (κ2) is 6.75. The molecule has 5 heteroatoms. The number of rotatable bonds is 2. The van der Waals surface area contributed by atoms with Crippen molar-refractivity contribution in [3.05, 3.63) is 77.7 Å². The second-order valence-electron chi connectivity index (χ2n) is 7.45. The zero-order valence-corrected chi connectivity index (χ0v) is 15.9. The second-order valence-corrected chi connectivity index (χ2v) is 7.45. The van der Waals surface area contributed by atoms with E-state index in [1.807, 2.05) is 59.1 Å². The Kier molecular flexibility index (Phi) is 4.08. The topological polar surface area (TPSA) is 50.5 Å². The van der Waals surface area contributed by atoms with Crippen molar-refractivity contribution in [2.75, 3.05) is 6.54 Å². The summed E-state index contributed by atoms with van der Waals surface area (Å²) in [4.78, 5) is 19.6. The molecular weight excluding hydrogens is 348 g/mol. The molecule has 0 spiro atoms. The summed E-state index contributed by atoms with van der Waals surface area (Å²) in [5.41, 5.74) is 6.11. The van der Waals surface area contributed by atoms with Gasteiger partial charge in [-0.2, -0.15) is 5.10 Å². The monoisotopic (exact) mass is 370 g/mol. The molecule has 0 radical (unpaired) electrons. The summed E-state index contributed by atoms with van der Waals surface area (Å²) in [5, 5.41) is 4.72. The quantitative estimate of drug-likeness (QED) is 0.813. The summed E-state index contributed by atoms with van der Waals surface area (Å²) < 4.78 is 1.94. The van der Waals surface area contributed by atoms with Gasteiger partial charge in [0.2, 0.25) is 0 Å². The lowest BCUT2D eigenvalue weighted by Gasteiger charge is -2.28. The van der Waals surface area contributed by atoms with Crippen molar-refractivity contribution < 1.29 is 4.79 Å². The first-order chi connectivity index (χ1) is 13.7. The molecule has 2 aliphatic heterocycles. The van der Waals surface area contributed by atoms with Gasteiger partial charge in [0.25, 0.3) is 5.91 Å². The third-order valence-corrected chi connectivity index (χ3v) is 5.67. The van der Waals surface area contributed by atoms with Crippen molar-refractivity contribution in [2.24, 2.45) is 18.0 Å². The van der Waals surface area contributed by atoms with E-state index < -0.39 is 0 Å². The Morgan fingerprint density at radius 1 is 1.18 bits per heavy atom. The van der Waals surface area contributed by atoms with Crippen LogP contribution in [0.3, 0.4) is 0 Å². The molecule has 5 nitrogen and oxygen atoms in total. The minimum atomic E-state index is 0.00599. The molecule has 1 amide bonds. The number of amides is 1. The summed E-state index contributed by atoms with van der Waals surface area (Å²) in [5.74, 6) is 0.310.